The van der Waals surface area contributed by atoms with Crippen LogP contribution in [-0.2, 0) is 0 Å². The molecule has 1 rings (SSSR count). The van der Waals surface area contributed by atoms with Gasteiger partial charge in [0.1, 0.15) is 0 Å². The van der Waals surface area contributed by atoms with Crippen molar-refractivity contribution in [2.24, 2.45) is 5.92 Å². The van der Waals surface area contributed by atoms with Gasteiger partial charge in [0, 0.05) is 5.33 Å². The standard InChI is InChI=1S/C18H35Br/c19-17-13-9-7-5-3-1-2-4-6-8-10-14-18-15-11-12-16-18/h18H,1-17H2. The Hall–Kier alpha value is 0.480. The maximum absolute atomic E-state index is 3.49. The molecule has 0 spiro atoms. The summed E-state index contributed by atoms with van der Waals surface area (Å²) in [5.41, 5.74) is 0. The van der Waals surface area contributed by atoms with Gasteiger partial charge < -0.3 is 0 Å². The van der Waals surface area contributed by atoms with Gasteiger partial charge in [-0.2, -0.15) is 0 Å². The maximum Gasteiger partial charge on any atom is 0.00313 e. The lowest BCUT2D eigenvalue weighted by Crippen LogP contribution is -1.92. The molecule has 1 heteroatoms. The van der Waals surface area contributed by atoms with E-state index in [0.717, 1.165) is 5.92 Å². The molecule has 0 heterocycles. The van der Waals surface area contributed by atoms with Crippen LogP contribution in [0.5, 0.6) is 0 Å². The van der Waals surface area contributed by atoms with E-state index in [4.69, 9.17) is 0 Å². The summed E-state index contributed by atoms with van der Waals surface area (Å²) in [5, 5.41) is 1.19. The summed E-state index contributed by atoms with van der Waals surface area (Å²) >= 11 is 3.49. The quantitative estimate of drug-likeness (QED) is 0.246. The summed E-state index contributed by atoms with van der Waals surface area (Å²) in [6.45, 7) is 0. The van der Waals surface area contributed by atoms with Gasteiger partial charge in [-0.05, 0) is 12.3 Å². The van der Waals surface area contributed by atoms with Gasteiger partial charge in [0.25, 0.3) is 0 Å². The van der Waals surface area contributed by atoms with Crippen molar-refractivity contribution >= 4 is 15.9 Å². The minimum atomic E-state index is 1.11. The van der Waals surface area contributed by atoms with Crippen molar-refractivity contribution in [3.05, 3.63) is 0 Å². The van der Waals surface area contributed by atoms with Gasteiger partial charge in [-0.25, -0.2) is 0 Å². The van der Waals surface area contributed by atoms with Crippen LogP contribution in [0.25, 0.3) is 0 Å². The van der Waals surface area contributed by atoms with Crippen molar-refractivity contribution in [1.82, 2.24) is 0 Å². The van der Waals surface area contributed by atoms with Gasteiger partial charge in [-0.3, -0.25) is 0 Å². The van der Waals surface area contributed by atoms with E-state index in [1.807, 2.05) is 0 Å². The third-order valence-electron chi connectivity index (χ3n) is 4.72. The van der Waals surface area contributed by atoms with Crippen LogP contribution in [-0.4, -0.2) is 5.33 Å². The second-order valence-electron chi connectivity index (χ2n) is 6.52. The molecule has 0 atom stereocenters. The molecule has 1 saturated carbocycles. The van der Waals surface area contributed by atoms with Crippen LogP contribution >= 0.6 is 15.9 Å². The third-order valence-corrected chi connectivity index (χ3v) is 5.28. The predicted octanol–water partition coefficient (Wildman–Crippen LogP) is 7.25. The Morgan fingerprint density at radius 1 is 0.579 bits per heavy atom. The molecule has 1 fully saturated rings. The molecule has 0 aromatic heterocycles. The zero-order valence-corrected chi connectivity index (χ0v) is 14.6. The number of halogens is 1. The zero-order valence-electron chi connectivity index (χ0n) is 13.0. The molecule has 0 nitrogen and oxygen atoms in total. The average Bonchev–Trinajstić information content (AvgIpc) is 2.93. The number of alkyl halides is 1. The lowest BCUT2D eigenvalue weighted by Gasteiger charge is -2.07. The van der Waals surface area contributed by atoms with Crippen LogP contribution in [0.4, 0.5) is 0 Å². The Kier molecular flexibility index (Phi) is 12.4. The lowest BCUT2D eigenvalue weighted by atomic mass is 9.99. The van der Waals surface area contributed by atoms with Crippen LogP contribution in [0.3, 0.4) is 0 Å². The molecule has 0 radical (unpaired) electrons. The normalized spacial score (nSPS) is 16.3. The van der Waals surface area contributed by atoms with Gasteiger partial charge in [-0.15, -0.1) is 0 Å². The molecule has 114 valence electrons. The van der Waals surface area contributed by atoms with E-state index >= 15 is 0 Å². The predicted molar refractivity (Wildman–Crippen MR) is 91.2 cm³/mol. The van der Waals surface area contributed by atoms with E-state index in [9.17, 15) is 0 Å². The minimum Gasteiger partial charge on any atom is -0.0928 e. The second kappa shape index (κ2) is 13.5. The molecule has 0 aromatic rings. The Labute approximate surface area is 130 Å². The largest absolute Gasteiger partial charge is 0.0928 e. The van der Waals surface area contributed by atoms with Crippen molar-refractivity contribution in [3.63, 3.8) is 0 Å². The Bertz CT molecular complexity index is 173. The van der Waals surface area contributed by atoms with Gasteiger partial charge in [0.15, 0.2) is 0 Å². The lowest BCUT2D eigenvalue weighted by molar-refractivity contribution is 0.460. The molecule has 0 saturated heterocycles. The van der Waals surface area contributed by atoms with Gasteiger partial charge in [0.05, 0.1) is 0 Å². The first kappa shape index (κ1) is 17.5. The van der Waals surface area contributed by atoms with E-state index in [1.54, 1.807) is 0 Å². The monoisotopic (exact) mass is 330 g/mol. The van der Waals surface area contributed by atoms with Crippen LogP contribution in [0.15, 0.2) is 0 Å². The fraction of sp³-hybridized carbons (Fsp3) is 1.00. The molecule has 0 bridgehead atoms. The van der Waals surface area contributed by atoms with Crippen molar-refractivity contribution in [2.75, 3.05) is 5.33 Å². The van der Waals surface area contributed by atoms with Crippen molar-refractivity contribution in [3.8, 4) is 0 Å². The third kappa shape index (κ3) is 10.9. The summed E-state index contributed by atoms with van der Waals surface area (Å²) in [4.78, 5) is 0. The summed E-state index contributed by atoms with van der Waals surface area (Å²) in [7, 11) is 0. The van der Waals surface area contributed by atoms with E-state index in [0.29, 0.717) is 0 Å². The summed E-state index contributed by atoms with van der Waals surface area (Å²) in [6, 6.07) is 0. The fourth-order valence-corrected chi connectivity index (χ4v) is 3.81. The first-order valence-corrected chi connectivity index (χ1v) is 10.1. The SMILES string of the molecule is BrCCCCCCCCCCCCCC1CCCC1. The van der Waals surface area contributed by atoms with E-state index in [-0.39, 0.29) is 0 Å². The summed E-state index contributed by atoms with van der Waals surface area (Å²) < 4.78 is 0. The van der Waals surface area contributed by atoms with E-state index in [1.165, 1.54) is 108 Å². The Morgan fingerprint density at radius 3 is 1.47 bits per heavy atom. The Balaban J connectivity index is 1.67. The molecule has 19 heavy (non-hydrogen) atoms. The molecule has 0 aromatic carbocycles. The molecule has 0 amide bonds. The molecule has 1 aliphatic carbocycles. The number of rotatable bonds is 13. The van der Waals surface area contributed by atoms with Crippen LogP contribution in [0, 0.1) is 5.92 Å². The van der Waals surface area contributed by atoms with Crippen LogP contribution < -0.4 is 0 Å². The number of hydrogen-bond donors (Lipinski definition) is 0. The van der Waals surface area contributed by atoms with Crippen LogP contribution in [0.1, 0.15) is 103 Å². The molecular formula is C18H35Br. The molecule has 0 N–H and O–H groups in total. The first-order chi connectivity index (χ1) is 9.43. The maximum atomic E-state index is 3.49. The van der Waals surface area contributed by atoms with E-state index < -0.39 is 0 Å². The van der Waals surface area contributed by atoms with Gasteiger partial charge >= 0.3 is 0 Å². The summed E-state index contributed by atoms with van der Waals surface area (Å²) in [6.07, 6.45) is 23.8. The van der Waals surface area contributed by atoms with Gasteiger partial charge in [0.2, 0.25) is 0 Å². The van der Waals surface area contributed by atoms with E-state index in [2.05, 4.69) is 15.9 Å². The highest BCUT2D eigenvalue weighted by atomic mass is 79.9. The minimum absolute atomic E-state index is 1.11. The van der Waals surface area contributed by atoms with Gasteiger partial charge in [-0.1, -0.05) is 112 Å². The van der Waals surface area contributed by atoms with Crippen LogP contribution in [0.2, 0.25) is 0 Å². The second-order valence-corrected chi connectivity index (χ2v) is 7.31. The number of hydrogen-bond acceptors (Lipinski definition) is 0. The smallest absolute Gasteiger partial charge is 0.00313 e. The first-order valence-electron chi connectivity index (χ1n) is 8.99. The molecule has 0 aliphatic heterocycles. The molecule has 0 unspecified atom stereocenters. The summed E-state index contributed by atoms with van der Waals surface area (Å²) in [5.74, 6) is 1.11. The molecular weight excluding hydrogens is 296 g/mol. The highest BCUT2D eigenvalue weighted by Crippen LogP contribution is 2.29. The zero-order chi connectivity index (χ0) is 13.6. The molecule has 1 aliphatic rings. The fourth-order valence-electron chi connectivity index (χ4n) is 3.42. The Morgan fingerprint density at radius 2 is 1.00 bits per heavy atom. The number of unbranched alkanes of at least 4 members (excludes halogenated alkanes) is 10. The van der Waals surface area contributed by atoms with Crippen molar-refractivity contribution in [1.29, 1.82) is 0 Å². The average molecular weight is 331 g/mol. The highest BCUT2D eigenvalue weighted by molar-refractivity contribution is 9.09. The van der Waals surface area contributed by atoms with Crippen molar-refractivity contribution in [2.45, 2.75) is 103 Å². The highest BCUT2D eigenvalue weighted by Gasteiger charge is 2.13. The topological polar surface area (TPSA) is 0 Å². The van der Waals surface area contributed by atoms with Crippen molar-refractivity contribution < 1.29 is 0 Å².